The van der Waals surface area contributed by atoms with Gasteiger partial charge in [-0.3, -0.25) is 4.79 Å². The van der Waals surface area contributed by atoms with E-state index < -0.39 is 5.97 Å². The molecule has 122 valence electrons. The standard InChI is InChI=1S/C19H17NO4/c1-3-23-18-9-8-16(13(2)21)10-17(18)12-24-19(22)15-6-4-14(11-20)5-7-15/h4-10H,3,12H2,1-2H3. The van der Waals surface area contributed by atoms with E-state index in [1.807, 2.05) is 13.0 Å². The summed E-state index contributed by atoms with van der Waals surface area (Å²) in [5, 5.41) is 8.76. The second-order valence-corrected chi connectivity index (χ2v) is 5.08. The first kappa shape index (κ1) is 17.2. The molecule has 0 aliphatic rings. The first-order valence-electron chi connectivity index (χ1n) is 7.49. The summed E-state index contributed by atoms with van der Waals surface area (Å²) in [6, 6.07) is 13.2. The summed E-state index contributed by atoms with van der Waals surface area (Å²) in [7, 11) is 0. The van der Waals surface area contributed by atoms with Crippen molar-refractivity contribution in [1.29, 1.82) is 5.26 Å². The van der Waals surface area contributed by atoms with Gasteiger partial charge in [0.25, 0.3) is 0 Å². The van der Waals surface area contributed by atoms with Crippen LogP contribution in [0.5, 0.6) is 5.75 Å². The van der Waals surface area contributed by atoms with Gasteiger partial charge >= 0.3 is 5.97 Å². The monoisotopic (exact) mass is 323 g/mol. The number of Topliss-reactive ketones (excluding diaryl/α,β-unsaturated/α-hetero) is 1. The van der Waals surface area contributed by atoms with Crippen LogP contribution in [0.25, 0.3) is 0 Å². The van der Waals surface area contributed by atoms with E-state index in [2.05, 4.69) is 0 Å². The lowest BCUT2D eigenvalue weighted by molar-refractivity contribution is 0.0469. The Labute approximate surface area is 140 Å². The van der Waals surface area contributed by atoms with Gasteiger partial charge in [-0.05, 0) is 56.3 Å². The molecule has 2 rings (SSSR count). The molecule has 24 heavy (non-hydrogen) atoms. The fourth-order valence-corrected chi connectivity index (χ4v) is 2.12. The molecule has 0 aliphatic heterocycles. The van der Waals surface area contributed by atoms with Gasteiger partial charge in [-0.1, -0.05) is 0 Å². The van der Waals surface area contributed by atoms with Crippen LogP contribution < -0.4 is 4.74 Å². The van der Waals surface area contributed by atoms with Gasteiger partial charge in [0, 0.05) is 11.1 Å². The van der Waals surface area contributed by atoms with E-state index in [4.69, 9.17) is 14.7 Å². The highest BCUT2D eigenvalue weighted by molar-refractivity contribution is 5.94. The van der Waals surface area contributed by atoms with Crippen molar-refractivity contribution in [2.75, 3.05) is 6.61 Å². The van der Waals surface area contributed by atoms with Gasteiger partial charge in [0.05, 0.1) is 23.8 Å². The normalized spacial score (nSPS) is 9.88. The van der Waals surface area contributed by atoms with Crippen LogP contribution >= 0.6 is 0 Å². The highest BCUT2D eigenvalue weighted by atomic mass is 16.5. The molecular formula is C19H17NO4. The summed E-state index contributed by atoms with van der Waals surface area (Å²) in [6.07, 6.45) is 0. The molecule has 0 aliphatic carbocycles. The summed E-state index contributed by atoms with van der Waals surface area (Å²) in [4.78, 5) is 23.6. The zero-order chi connectivity index (χ0) is 17.5. The van der Waals surface area contributed by atoms with Crippen LogP contribution in [0.2, 0.25) is 0 Å². The molecule has 0 radical (unpaired) electrons. The Morgan fingerprint density at radius 1 is 1.08 bits per heavy atom. The largest absolute Gasteiger partial charge is 0.493 e. The van der Waals surface area contributed by atoms with Gasteiger partial charge in [0.15, 0.2) is 5.78 Å². The third-order valence-electron chi connectivity index (χ3n) is 3.38. The Morgan fingerprint density at radius 2 is 1.75 bits per heavy atom. The number of rotatable bonds is 6. The minimum Gasteiger partial charge on any atom is -0.493 e. The lowest BCUT2D eigenvalue weighted by Crippen LogP contribution is -2.07. The lowest BCUT2D eigenvalue weighted by Gasteiger charge is -2.12. The van der Waals surface area contributed by atoms with Crippen molar-refractivity contribution in [3.63, 3.8) is 0 Å². The van der Waals surface area contributed by atoms with Gasteiger partial charge in [-0.25, -0.2) is 4.79 Å². The number of nitriles is 1. The minimum absolute atomic E-state index is 0.00467. The molecular weight excluding hydrogens is 306 g/mol. The third-order valence-corrected chi connectivity index (χ3v) is 3.38. The second-order valence-electron chi connectivity index (χ2n) is 5.08. The highest BCUT2D eigenvalue weighted by Crippen LogP contribution is 2.22. The van der Waals surface area contributed by atoms with Crippen molar-refractivity contribution in [3.8, 4) is 11.8 Å². The SMILES string of the molecule is CCOc1ccc(C(C)=O)cc1COC(=O)c1ccc(C#N)cc1. The Kier molecular flexibility index (Phi) is 5.69. The summed E-state index contributed by atoms with van der Waals surface area (Å²) < 4.78 is 10.8. The van der Waals surface area contributed by atoms with Crippen molar-refractivity contribution >= 4 is 11.8 Å². The zero-order valence-corrected chi connectivity index (χ0v) is 13.5. The quantitative estimate of drug-likeness (QED) is 0.600. The number of carbonyl (C=O) groups excluding carboxylic acids is 2. The van der Waals surface area contributed by atoms with Crippen LogP contribution in [0, 0.1) is 11.3 Å². The van der Waals surface area contributed by atoms with Crippen molar-refractivity contribution in [2.24, 2.45) is 0 Å². The number of carbonyl (C=O) groups is 2. The van der Waals surface area contributed by atoms with E-state index in [9.17, 15) is 9.59 Å². The van der Waals surface area contributed by atoms with Crippen LogP contribution in [-0.2, 0) is 11.3 Å². The minimum atomic E-state index is -0.504. The molecule has 2 aromatic rings. The highest BCUT2D eigenvalue weighted by Gasteiger charge is 2.12. The molecule has 2 aromatic carbocycles. The second kappa shape index (κ2) is 7.93. The van der Waals surface area contributed by atoms with E-state index in [0.717, 1.165) is 0 Å². The molecule has 0 N–H and O–H groups in total. The summed E-state index contributed by atoms with van der Waals surface area (Å²) in [5.41, 5.74) is 1.99. The lowest BCUT2D eigenvalue weighted by atomic mass is 10.1. The van der Waals surface area contributed by atoms with Gasteiger partial charge in [-0.2, -0.15) is 5.26 Å². The van der Waals surface area contributed by atoms with Crippen molar-refractivity contribution < 1.29 is 19.1 Å². The Hall–Kier alpha value is -3.13. The number of benzene rings is 2. The Morgan fingerprint density at radius 3 is 2.33 bits per heavy atom. The summed E-state index contributed by atoms with van der Waals surface area (Å²) in [6.45, 7) is 3.79. The molecule has 0 saturated carbocycles. The van der Waals surface area contributed by atoms with Crippen molar-refractivity contribution in [2.45, 2.75) is 20.5 Å². The predicted molar refractivity (Wildman–Crippen MR) is 87.9 cm³/mol. The number of ketones is 1. The van der Waals surface area contributed by atoms with Gasteiger partial charge in [-0.15, -0.1) is 0 Å². The zero-order valence-electron chi connectivity index (χ0n) is 13.5. The third kappa shape index (κ3) is 4.20. The van der Waals surface area contributed by atoms with E-state index >= 15 is 0 Å². The van der Waals surface area contributed by atoms with Crippen molar-refractivity contribution in [1.82, 2.24) is 0 Å². The van der Waals surface area contributed by atoms with E-state index in [0.29, 0.717) is 34.6 Å². The molecule has 0 saturated heterocycles. The first-order valence-corrected chi connectivity index (χ1v) is 7.49. The summed E-state index contributed by atoms with van der Waals surface area (Å²) >= 11 is 0. The molecule has 0 amide bonds. The topological polar surface area (TPSA) is 76.4 Å². The molecule has 0 atom stereocenters. The van der Waals surface area contributed by atoms with Gasteiger partial charge in [0.2, 0.25) is 0 Å². The van der Waals surface area contributed by atoms with Crippen LogP contribution in [0.1, 0.15) is 45.7 Å². The molecule has 0 heterocycles. The van der Waals surface area contributed by atoms with Gasteiger partial charge < -0.3 is 9.47 Å². The van der Waals surface area contributed by atoms with Crippen LogP contribution in [0.4, 0.5) is 0 Å². The van der Waals surface area contributed by atoms with Crippen LogP contribution in [0.3, 0.4) is 0 Å². The molecule has 0 fully saturated rings. The van der Waals surface area contributed by atoms with Crippen molar-refractivity contribution in [3.05, 3.63) is 64.7 Å². The fourth-order valence-electron chi connectivity index (χ4n) is 2.12. The Bertz CT molecular complexity index is 788. The maximum atomic E-state index is 12.1. The number of ether oxygens (including phenoxy) is 2. The number of hydrogen-bond acceptors (Lipinski definition) is 5. The molecule has 0 bridgehead atoms. The van der Waals surface area contributed by atoms with E-state index in [1.54, 1.807) is 30.3 Å². The molecule has 0 aromatic heterocycles. The number of esters is 1. The molecule has 0 spiro atoms. The number of hydrogen-bond donors (Lipinski definition) is 0. The molecule has 5 heteroatoms. The number of nitrogens with zero attached hydrogens (tertiary/aromatic N) is 1. The maximum Gasteiger partial charge on any atom is 0.338 e. The molecule has 5 nitrogen and oxygen atoms in total. The molecule has 0 unspecified atom stereocenters. The van der Waals surface area contributed by atoms with Crippen LogP contribution in [0.15, 0.2) is 42.5 Å². The van der Waals surface area contributed by atoms with E-state index in [-0.39, 0.29) is 12.4 Å². The van der Waals surface area contributed by atoms with Gasteiger partial charge in [0.1, 0.15) is 12.4 Å². The maximum absolute atomic E-state index is 12.1. The smallest absolute Gasteiger partial charge is 0.338 e. The first-order chi connectivity index (χ1) is 11.5. The average Bonchev–Trinajstić information content (AvgIpc) is 2.60. The predicted octanol–water partition coefficient (Wildman–Crippen LogP) is 3.52. The summed E-state index contributed by atoms with van der Waals surface area (Å²) in [5.74, 6) is 0.00279. The van der Waals surface area contributed by atoms with Crippen LogP contribution in [-0.4, -0.2) is 18.4 Å². The fraction of sp³-hybridized carbons (Fsp3) is 0.211. The average molecular weight is 323 g/mol. The van der Waals surface area contributed by atoms with E-state index in [1.165, 1.54) is 19.1 Å². The Balaban J connectivity index is 2.14.